The Morgan fingerprint density at radius 2 is 1.86 bits per heavy atom. The van der Waals surface area contributed by atoms with Crippen LogP contribution < -0.4 is 0 Å². The normalized spacial score (nSPS) is 24.3. The fourth-order valence-corrected chi connectivity index (χ4v) is 2.48. The Balaban J connectivity index is 2.21. The molecular weight excluding hydrogens is 330 g/mol. The quantitative estimate of drug-likeness (QED) is 0.622. The van der Waals surface area contributed by atoms with E-state index < -0.39 is 22.5 Å². The molecule has 0 aromatic heterocycles. The highest BCUT2D eigenvalue weighted by Crippen LogP contribution is 2.23. The molecule has 108 valence electrons. The van der Waals surface area contributed by atoms with Crippen LogP contribution in [0.25, 0.3) is 5.57 Å². The smallest absolute Gasteiger partial charge is 0.260 e. The van der Waals surface area contributed by atoms with E-state index in [1.54, 1.807) is 42.5 Å². The first kappa shape index (κ1) is 14.0. The molecule has 0 saturated carbocycles. The Morgan fingerprint density at radius 3 is 2.48 bits per heavy atom. The fourth-order valence-electron chi connectivity index (χ4n) is 1.96. The molecule has 0 radical (unpaired) electrons. The molecule has 4 heteroatoms. The summed E-state index contributed by atoms with van der Waals surface area (Å²) in [5.74, 6) is -2.65. The van der Waals surface area contributed by atoms with Crippen molar-refractivity contribution in [3.8, 4) is 0 Å². The van der Waals surface area contributed by atoms with Crippen molar-refractivity contribution in [2.45, 2.75) is 4.83 Å². The minimum Gasteiger partial charge on any atom is -0.281 e. The van der Waals surface area contributed by atoms with Crippen molar-refractivity contribution in [1.29, 1.82) is 0 Å². The average molecular weight is 347 g/mol. The van der Waals surface area contributed by atoms with Gasteiger partial charge in [0, 0.05) is 18.8 Å². The van der Waals surface area contributed by atoms with Crippen LogP contribution in [0.5, 0.6) is 0 Å². The zero-order valence-corrected chi connectivity index (χ0v) is 13.2. The van der Waals surface area contributed by atoms with Crippen molar-refractivity contribution < 1.29 is 11.0 Å². The number of halogens is 1. The van der Waals surface area contributed by atoms with Gasteiger partial charge in [0.05, 0.1) is 5.89 Å². The maximum atomic E-state index is 12.6. The number of hydrogen-bond acceptors (Lipinski definition) is 2. The second-order valence-electron chi connectivity index (χ2n) is 4.62. The van der Waals surface area contributed by atoms with Crippen LogP contribution in [0.15, 0.2) is 61.2 Å². The zero-order chi connectivity index (χ0) is 16.3. The van der Waals surface area contributed by atoms with Gasteiger partial charge in [-0.25, -0.2) is 0 Å². The lowest BCUT2D eigenvalue weighted by Crippen LogP contribution is -2.40. The molecule has 1 aliphatic carbocycles. The molecular formula is C17H16BrNO2. The largest absolute Gasteiger partial charge is 0.281 e. The molecule has 0 N–H and O–H groups in total. The molecule has 0 spiro atoms. The van der Waals surface area contributed by atoms with Crippen LogP contribution >= 0.6 is 15.9 Å². The maximum absolute atomic E-state index is 12.6. The van der Waals surface area contributed by atoms with Gasteiger partial charge in [0.1, 0.15) is 0 Å². The standard InChI is InChI=1S/C17H16BrNO2/c1-12(13-8-4-3-5-9-13)16(20)19(2)17(21)14-10-6-7-11-15(14)18/h3-11,14-15H,1H2,2H3/i14D. The van der Waals surface area contributed by atoms with Gasteiger partial charge in [-0.2, -0.15) is 0 Å². The molecule has 2 rings (SSSR count). The third-order valence-electron chi connectivity index (χ3n) is 3.20. The van der Waals surface area contributed by atoms with E-state index in [2.05, 4.69) is 22.5 Å². The van der Waals surface area contributed by atoms with Gasteiger partial charge in [0.2, 0.25) is 5.91 Å². The van der Waals surface area contributed by atoms with Gasteiger partial charge in [-0.3, -0.25) is 14.5 Å². The van der Waals surface area contributed by atoms with Gasteiger partial charge < -0.3 is 0 Å². The van der Waals surface area contributed by atoms with Gasteiger partial charge >= 0.3 is 0 Å². The van der Waals surface area contributed by atoms with E-state index in [9.17, 15) is 9.59 Å². The first-order valence-electron chi connectivity index (χ1n) is 6.95. The van der Waals surface area contributed by atoms with E-state index in [1.807, 2.05) is 6.07 Å². The summed E-state index contributed by atoms with van der Waals surface area (Å²) in [5, 5.41) is 0. The molecule has 2 unspecified atom stereocenters. The Morgan fingerprint density at radius 1 is 1.24 bits per heavy atom. The fraction of sp³-hybridized carbons (Fsp3) is 0.176. The first-order valence-corrected chi connectivity index (χ1v) is 7.36. The third-order valence-corrected chi connectivity index (χ3v) is 4.00. The molecule has 0 bridgehead atoms. The van der Waals surface area contributed by atoms with Crippen molar-refractivity contribution in [2.24, 2.45) is 5.89 Å². The average Bonchev–Trinajstić information content (AvgIpc) is 2.55. The van der Waals surface area contributed by atoms with E-state index >= 15 is 0 Å². The summed E-state index contributed by atoms with van der Waals surface area (Å²) >= 11 is 3.30. The van der Waals surface area contributed by atoms with Crippen LogP contribution in [0.3, 0.4) is 0 Å². The summed E-state index contributed by atoms with van der Waals surface area (Å²) in [6, 6.07) is 8.94. The summed E-state index contributed by atoms with van der Waals surface area (Å²) in [6.07, 6.45) is 6.57. The van der Waals surface area contributed by atoms with Gasteiger partial charge in [-0.1, -0.05) is 77.1 Å². The van der Waals surface area contributed by atoms with Crippen molar-refractivity contribution in [2.75, 3.05) is 7.05 Å². The number of nitrogens with zero attached hydrogens (tertiary/aromatic N) is 1. The minimum absolute atomic E-state index is 0.224. The molecule has 3 nitrogen and oxygen atoms in total. The number of rotatable bonds is 3. The van der Waals surface area contributed by atoms with Gasteiger partial charge in [0.15, 0.2) is 0 Å². The second kappa shape index (κ2) is 6.68. The predicted octanol–water partition coefficient (Wildman–Crippen LogP) is 3.19. The van der Waals surface area contributed by atoms with E-state index in [-0.39, 0.29) is 5.57 Å². The highest BCUT2D eigenvalue weighted by Gasteiger charge is 2.30. The molecule has 2 atom stereocenters. The second-order valence-corrected chi connectivity index (χ2v) is 5.60. The molecule has 0 aliphatic heterocycles. The Kier molecular flexibility index (Phi) is 4.46. The van der Waals surface area contributed by atoms with Crippen molar-refractivity contribution in [1.82, 2.24) is 4.90 Å². The summed E-state index contributed by atoms with van der Waals surface area (Å²) in [7, 11) is 1.38. The van der Waals surface area contributed by atoms with Crippen molar-refractivity contribution in [3.63, 3.8) is 0 Å². The Labute approximate surface area is 134 Å². The van der Waals surface area contributed by atoms with Crippen LogP contribution in [0, 0.1) is 5.89 Å². The summed E-state index contributed by atoms with van der Waals surface area (Å²) in [4.78, 5) is 25.5. The number of carbonyl (C=O) groups excluding carboxylic acids is 2. The molecule has 21 heavy (non-hydrogen) atoms. The van der Waals surface area contributed by atoms with Crippen LogP contribution in [-0.2, 0) is 9.59 Å². The molecule has 1 aliphatic rings. The number of benzene rings is 1. The highest BCUT2D eigenvalue weighted by atomic mass is 79.9. The van der Waals surface area contributed by atoms with Gasteiger partial charge in [0.25, 0.3) is 5.91 Å². The number of hydrogen-bond donors (Lipinski definition) is 0. The van der Waals surface area contributed by atoms with E-state index in [1.165, 1.54) is 13.1 Å². The number of likely N-dealkylation sites (N-methyl/N-ethyl adjacent to an activating group) is 1. The monoisotopic (exact) mass is 346 g/mol. The minimum atomic E-state index is -1.55. The van der Waals surface area contributed by atoms with Crippen molar-refractivity contribution >= 4 is 33.3 Å². The molecule has 0 fully saturated rings. The van der Waals surface area contributed by atoms with Gasteiger partial charge in [-0.15, -0.1) is 0 Å². The summed E-state index contributed by atoms with van der Waals surface area (Å²) < 4.78 is 8.34. The van der Waals surface area contributed by atoms with Gasteiger partial charge in [-0.05, 0) is 5.56 Å². The molecule has 0 heterocycles. The summed E-state index contributed by atoms with van der Waals surface area (Å²) in [6.45, 7) is 3.77. The number of alkyl halides is 1. The first-order chi connectivity index (χ1) is 10.4. The van der Waals surface area contributed by atoms with Crippen LogP contribution in [-0.4, -0.2) is 28.6 Å². The molecule has 0 saturated heterocycles. The maximum Gasteiger partial charge on any atom is 0.260 e. The van der Waals surface area contributed by atoms with Crippen molar-refractivity contribution in [3.05, 3.63) is 66.8 Å². The third kappa shape index (κ3) is 3.39. The molecule has 1 aromatic carbocycles. The van der Waals surface area contributed by atoms with Crippen LogP contribution in [0.4, 0.5) is 0 Å². The SMILES string of the molecule is [2H]C1(C(=O)N(C)C(=O)C(=C)c2ccccc2)C=CC=CC1Br. The number of amides is 2. The van der Waals surface area contributed by atoms with Crippen LogP contribution in [0.2, 0.25) is 0 Å². The number of imide groups is 1. The topological polar surface area (TPSA) is 37.4 Å². The van der Waals surface area contributed by atoms with Crippen LogP contribution in [0.1, 0.15) is 6.93 Å². The van der Waals surface area contributed by atoms with E-state index in [4.69, 9.17) is 1.37 Å². The lowest BCUT2D eigenvalue weighted by Gasteiger charge is -2.24. The number of carbonyl (C=O) groups is 2. The molecule has 2 amide bonds. The lowest BCUT2D eigenvalue weighted by atomic mass is 9.98. The summed E-state index contributed by atoms with van der Waals surface area (Å²) in [5.41, 5.74) is 0.877. The van der Waals surface area contributed by atoms with E-state index in [0.717, 1.165) is 4.90 Å². The zero-order valence-electron chi connectivity index (χ0n) is 12.6. The highest BCUT2D eigenvalue weighted by molar-refractivity contribution is 9.09. The lowest BCUT2D eigenvalue weighted by molar-refractivity contribution is -0.141. The predicted molar refractivity (Wildman–Crippen MR) is 87.7 cm³/mol. The Hall–Kier alpha value is -1.94. The Bertz CT molecular complexity index is 668. The number of allylic oxidation sites excluding steroid dienone is 3. The molecule has 1 aromatic rings. The van der Waals surface area contributed by atoms with E-state index in [0.29, 0.717) is 5.56 Å².